The third kappa shape index (κ3) is 5.96. The molecular formula is C22H28F5N5O2. The average molecular weight is 489 g/mol. The highest BCUT2D eigenvalue weighted by Gasteiger charge is 2.58. The van der Waals surface area contributed by atoms with Gasteiger partial charge >= 0.3 is 6.36 Å². The van der Waals surface area contributed by atoms with Gasteiger partial charge in [-0.05, 0) is 43.2 Å². The van der Waals surface area contributed by atoms with E-state index in [1.54, 1.807) is 0 Å². The number of aromatic nitrogens is 1. The molecule has 188 valence electrons. The fourth-order valence-corrected chi connectivity index (χ4v) is 5.16. The summed E-state index contributed by atoms with van der Waals surface area (Å²) in [5, 5.41) is 0. The Labute approximate surface area is 194 Å². The topological polar surface area (TPSA) is 99.0 Å². The molecule has 34 heavy (non-hydrogen) atoms. The third-order valence-electron chi connectivity index (χ3n) is 6.69. The molecule has 4 N–H and O–H groups in total. The number of ether oxygens (including phenoxy) is 2. The highest BCUT2D eigenvalue weighted by molar-refractivity contribution is 6.04. The number of nitrogens with two attached hydrogens (primary N) is 2. The molecule has 0 radical (unpaired) electrons. The standard InChI is InChI=1S/C22H28F5N5O2/c23-19(24)11-30-17(9-16(28)12-6-18(21(29)31-10-12)34-22(25,26)27)20-14-7-13(8-15(14)20)32-2-1-4-33-5-3-32/h6,9-10,13-15,19-20H,1-5,7-8,11,28H2,(H2,29,31)/t13?,14-,15+,20?. The van der Waals surface area contributed by atoms with Crippen LogP contribution in [-0.4, -0.2) is 67.3 Å². The molecule has 0 amide bonds. The fraction of sp³-hybridized carbons (Fsp3) is 0.636. The number of hydrogen-bond donors (Lipinski definition) is 2. The van der Waals surface area contributed by atoms with Gasteiger partial charge in [0, 0.05) is 54.8 Å². The van der Waals surface area contributed by atoms with Crippen molar-refractivity contribution < 1.29 is 31.4 Å². The van der Waals surface area contributed by atoms with Crippen LogP contribution >= 0.6 is 0 Å². The Morgan fingerprint density at radius 2 is 2.00 bits per heavy atom. The normalized spacial score (nSPS) is 28.6. The van der Waals surface area contributed by atoms with E-state index in [1.807, 2.05) is 0 Å². The van der Waals surface area contributed by atoms with Gasteiger partial charge in [0.1, 0.15) is 6.54 Å². The summed E-state index contributed by atoms with van der Waals surface area (Å²) in [7, 11) is 0. The van der Waals surface area contributed by atoms with Crippen LogP contribution < -0.4 is 16.2 Å². The van der Waals surface area contributed by atoms with Crippen LogP contribution in [0.1, 0.15) is 24.8 Å². The first-order valence-corrected chi connectivity index (χ1v) is 11.3. The number of hydrogen-bond acceptors (Lipinski definition) is 7. The predicted molar refractivity (Wildman–Crippen MR) is 116 cm³/mol. The molecule has 1 saturated heterocycles. The van der Waals surface area contributed by atoms with E-state index >= 15 is 0 Å². The number of fused-ring (bicyclic) bond motifs is 1. The maximum atomic E-state index is 12.9. The molecule has 3 aliphatic rings. The quantitative estimate of drug-likeness (QED) is 0.451. The lowest BCUT2D eigenvalue weighted by Gasteiger charge is -2.28. The van der Waals surface area contributed by atoms with E-state index in [-0.39, 0.29) is 17.2 Å². The Bertz CT molecular complexity index is 919. The molecule has 4 atom stereocenters. The van der Waals surface area contributed by atoms with Crippen LogP contribution in [0.5, 0.6) is 5.75 Å². The van der Waals surface area contributed by atoms with Gasteiger partial charge in [0.25, 0.3) is 6.43 Å². The number of anilines is 1. The predicted octanol–water partition coefficient (Wildman–Crippen LogP) is 3.32. The first-order chi connectivity index (χ1) is 16.1. The molecule has 1 aromatic heterocycles. The van der Waals surface area contributed by atoms with Crippen molar-refractivity contribution in [3.8, 4) is 5.75 Å². The van der Waals surface area contributed by atoms with Crippen LogP contribution in [-0.2, 0) is 4.74 Å². The molecule has 7 nitrogen and oxygen atoms in total. The van der Waals surface area contributed by atoms with Crippen LogP contribution in [0.4, 0.5) is 27.8 Å². The summed E-state index contributed by atoms with van der Waals surface area (Å²) in [6.07, 6.45) is -2.00. The molecule has 3 fully saturated rings. The number of nitrogen functional groups attached to an aromatic ring is 1. The molecule has 0 spiro atoms. The Kier molecular flexibility index (Phi) is 7.27. The van der Waals surface area contributed by atoms with Crippen LogP contribution in [0.3, 0.4) is 0 Å². The minimum absolute atomic E-state index is 0.00409. The molecule has 2 unspecified atom stereocenters. The Morgan fingerprint density at radius 3 is 2.68 bits per heavy atom. The molecule has 2 saturated carbocycles. The SMILES string of the molecule is NC(=CC(=NCC(F)F)C1[C@H]2CC(N3CCCOCC3)C[C@@H]12)c1cnc(N)c(OC(F)(F)F)c1. The van der Waals surface area contributed by atoms with E-state index in [2.05, 4.69) is 19.6 Å². The van der Waals surface area contributed by atoms with Crippen molar-refractivity contribution in [2.45, 2.75) is 38.1 Å². The molecular weight excluding hydrogens is 461 g/mol. The fourth-order valence-electron chi connectivity index (χ4n) is 5.16. The van der Waals surface area contributed by atoms with E-state index in [1.165, 1.54) is 12.3 Å². The zero-order valence-electron chi connectivity index (χ0n) is 18.5. The maximum Gasteiger partial charge on any atom is 0.573 e. The lowest BCUT2D eigenvalue weighted by Crippen LogP contribution is -2.37. The highest BCUT2D eigenvalue weighted by atomic mass is 19.4. The van der Waals surface area contributed by atoms with Gasteiger partial charge < -0.3 is 20.9 Å². The maximum absolute atomic E-state index is 12.9. The Morgan fingerprint density at radius 1 is 1.26 bits per heavy atom. The van der Waals surface area contributed by atoms with E-state index in [9.17, 15) is 22.0 Å². The summed E-state index contributed by atoms with van der Waals surface area (Å²) in [6, 6.07) is 1.46. The molecule has 0 aromatic carbocycles. The number of aliphatic imine (C=N–C) groups is 1. The highest BCUT2D eigenvalue weighted by Crippen LogP contribution is 2.59. The number of rotatable bonds is 7. The summed E-state index contributed by atoms with van der Waals surface area (Å²) in [5.41, 5.74) is 12.2. The van der Waals surface area contributed by atoms with Gasteiger partial charge in [-0.15, -0.1) is 13.2 Å². The number of pyridine rings is 1. The van der Waals surface area contributed by atoms with Crippen molar-refractivity contribution in [1.82, 2.24) is 9.88 Å². The smallest absolute Gasteiger partial charge is 0.402 e. The second-order valence-corrected chi connectivity index (χ2v) is 8.89. The zero-order valence-corrected chi connectivity index (χ0v) is 18.5. The summed E-state index contributed by atoms with van der Waals surface area (Å²) in [5.74, 6) is -0.474. The van der Waals surface area contributed by atoms with Crippen molar-refractivity contribution in [3.63, 3.8) is 0 Å². The molecule has 2 heterocycles. The number of nitrogens with zero attached hydrogens (tertiary/aromatic N) is 3. The van der Waals surface area contributed by atoms with Crippen molar-refractivity contribution >= 4 is 17.2 Å². The van der Waals surface area contributed by atoms with Crippen molar-refractivity contribution in [2.24, 2.45) is 28.5 Å². The minimum Gasteiger partial charge on any atom is -0.402 e. The molecule has 4 rings (SSSR count). The summed E-state index contributed by atoms with van der Waals surface area (Å²) < 4.78 is 73.1. The second-order valence-electron chi connectivity index (χ2n) is 8.89. The monoisotopic (exact) mass is 489 g/mol. The van der Waals surface area contributed by atoms with Gasteiger partial charge in [-0.3, -0.25) is 9.89 Å². The molecule has 1 aromatic rings. The molecule has 1 aliphatic heterocycles. The van der Waals surface area contributed by atoms with Gasteiger partial charge in [0.05, 0.1) is 6.61 Å². The van der Waals surface area contributed by atoms with Gasteiger partial charge in [-0.1, -0.05) is 0 Å². The van der Waals surface area contributed by atoms with Gasteiger partial charge in [-0.25, -0.2) is 13.8 Å². The van der Waals surface area contributed by atoms with Gasteiger partial charge in [0.15, 0.2) is 11.6 Å². The summed E-state index contributed by atoms with van der Waals surface area (Å²) >= 11 is 0. The Hall–Kier alpha value is -2.47. The van der Waals surface area contributed by atoms with Gasteiger partial charge in [-0.2, -0.15) is 0 Å². The van der Waals surface area contributed by atoms with Crippen LogP contribution in [0.2, 0.25) is 0 Å². The summed E-state index contributed by atoms with van der Waals surface area (Å²) in [6.45, 7) is 2.69. The molecule has 12 heteroatoms. The number of allylic oxidation sites excluding steroid dienone is 1. The van der Waals surface area contributed by atoms with E-state index in [0.717, 1.165) is 45.0 Å². The number of alkyl halides is 5. The minimum atomic E-state index is -4.95. The Balaban J connectivity index is 1.49. The lowest BCUT2D eigenvalue weighted by molar-refractivity contribution is -0.274. The van der Waals surface area contributed by atoms with Crippen LogP contribution in [0, 0.1) is 17.8 Å². The van der Waals surface area contributed by atoms with E-state index in [0.29, 0.717) is 30.2 Å². The average Bonchev–Trinajstić information content (AvgIpc) is 3.37. The van der Waals surface area contributed by atoms with E-state index < -0.39 is 30.9 Å². The van der Waals surface area contributed by atoms with E-state index in [4.69, 9.17) is 16.2 Å². The van der Waals surface area contributed by atoms with Crippen molar-refractivity contribution in [1.29, 1.82) is 0 Å². The lowest BCUT2D eigenvalue weighted by atomic mass is 10.0. The summed E-state index contributed by atoms with van der Waals surface area (Å²) in [4.78, 5) is 10.3. The first-order valence-electron chi connectivity index (χ1n) is 11.3. The number of halogens is 5. The largest absolute Gasteiger partial charge is 0.573 e. The third-order valence-corrected chi connectivity index (χ3v) is 6.69. The van der Waals surface area contributed by atoms with Crippen LogP contribution in [0.25, 0.3) is 5.70 Å². The van der Waals surface area contributed by atoms with Crippen molar-refractivity contribution in [3.05, 3.63) is 23.9 Å². The van der Waals surface area contributed by atoms with Crippen molar-refractivity contribution in [2.75, 3.05) is 38.6 Å². The zero-order chi connectivity index (χ0) is 24.5. The van der Waals surface area contributed by atoms with Gasteiger partial charge in [0.2, 0.25) is 0 Å². The van der Waals surface area contributed by atoms with Crippen LogP contribution in [0.15, 0.2) is 23.3 Å². The first kappa shape index (κ1) is 24.6. The molecule has 0 bridgehead atoms. The molecule has 2 aliphatic carbocycles. The second kappa shape index (κ2) is 10.0.